The first-order valence-corrected chi connectivity index (χ1v) is 9.75. The monoisotopic (exact) mass is 294 g/mol. The Hall–Kier alpha value is -0.0800. The van der Waals surface area contributed by atoms with Crippen LogP contribution < -0.4 is 5.32 Å². The van der Waals surface area contributed by atoms with Gasteiger partial charge in [0.25, 0.3) is 0 Å². The van der Waals surface area contributed by atoms with Crippen molar-refractivity contribution >= 4 is 0 Å². The Bertz CT molecular complexity index is 273. The average molecular weight is 295 g/mol. The van der Waals surface area contributed by atoms with E-state index in [4.69, 9.17) is 0 Å². The summed E-state index contributed by atoms with van der Waals surface area (Å²) in [5.74, 6) is 0.986. The van der Waals surface area contributed by atoms with E-state index in [-0.39, 0.29) is 0 Å². The Morgan fingerprint density at radius 1 is 1.00 bits per heavy atom. The van der Waals surface area contributed by atoms with Gasteiger partial charge in [0.05, 0.1) is 0 Å². The molecule has 2 rings (SSSR count). The molecule has 2 heteroatoms. The summed E-state index contributed by atoms with van der Waals surface area (Å²) in [5.41, 5.74) is 0.411. The molecule has 1 unspecified atom stereocenters. The van der Waals surface area contributed by atoms with Gasteiger partial charge < -0.3 is 5.32 Å². The van der Waals surface area contributed by atoms with Crippen LogP contribution in [0.4, 0.5) is 0 Å². The molecule has 0 aromatic heterocycles. The first kappa shape index (κ1) is 17.3. The smallest absolute Gasteiger partial charge is 0.0357 e. The first-order chi connectivity index (χ1) is 10.3. The highest BCUT2D eigenvalue weighted by atomic mass is 15.2. The lowest BCUT2D eigenvalue weighted by atomic mass is 9.78. The Morgan fingerprint density at radius 2 is 1.62 bits per heavy atom. The third-order valence-electron chi connectivity index (χ3n) is 6.29. The van der Waals surface area contributed by atoms with E-state index in [1.165, 1.54) is 83.8 Å². The molecule has 2 fully saturated rings. The average Bonchev–Trinajstić information content (AvgIpc) is 3.20. The van der Waals surface area contributed by atoms with Gasteiger partial charge in [0.2, 0.25) is 0 Å². The molecule has 1 saturated carbocycles. The van der Waals surface area contributed by atoms with Crippen molar-refractivity contribution in [2.45, 2.75) is 96.6 Å². The zero-order chi connectivity index (χ0) is 15.1. The second kappa shape index (κ2) is 8.53. The van der Waals surface area contributed by atoms with Gasteiger partial charge in [0.1, 0.15) is 0 Å². The zero-order valence-electron chi connectivity index (χ0n) is 14.8. The third-order valence-corrected chi connectivity index (χ3v) is 6.29. The van der Waals surface area contributed by atoms with Crippen molar-refractivity contribution in [3.63, 3.8) is 0 Å². The SMILES string of the molecule is CCCNC(CC1CCCC1)C(CC)(CC)N1CCCC1. The van der Waals surface area contributed by atoms with Crippen LogP contribution >= 0.6 is 0 Å². The topological polar surface area (TPSA) is 15.3 Å². The van der Waals surface area contributed by atoms with E-state index in [1.54, 1.807) is 0 Å². The molecule has 2 aliphatic rings. The molecule has 1 aliphatic heterocycles. The summed E-state index contributed by atoms with van der Waals surface area (Å²) in [6.45, 7) is 11.0. The highest BCUT2D eigenvalue weighted by Crippen LogP contribution is 2.37. The minimum atomic E-state index is 0.411. The van der Waals surface area contributed by atoms with Crippen molar-refractivity contribution in [3.05, 3.63) is 0 Å². The minimum absolute atomic E-state index is 0.411. The molecule has 2 nitrogen and oxygen atoms in total. The van der Waals surface area contributed by atoms with Crippen molar-refractivity contribution < 1.29 is 0 Å². The van der Waals surface area contributed by atoms with Crippen LogP contribution in [-0.2, 0) is 0 Å². The highest BCUT2D eigenvalue weighted by Gasteiger charge is 2.42. The lowest BCUT2D eigenvalue weighted by molar-refractivity contribution is 0.0520. The maximum atomic E-state index is 3.97. The van der Waals surface area contributed by atoms with Gasteiger partial charge in [-0.1, -0.05) is 46.5 Å². The van der Waals surface area contributed by atoms with E-state index in [2.05, 4.69) is 31.0 Å². The fraction of sp³-hybridized carbons (Fsp3) is 1.00. The van der Waals surface area contributed by atoms with Crippen molar-refractivity contribution in [1.82, 2.24) is 10.2 Å². The lowest BCUT2D eigenvalue weighted by Crippen LogP contribution is -2.60. The van der Waals surface area contributed by atoms with Gasteiger partial charge in [-0.05, 0) is 64.1 Å². The zero-order valence-corrected chi connectivity index (χ0v) is 14.8. The summed E-state index contributed by atoms with van der Waals surface area (Å²) < 4.78 is 0. The fourth-order valence-electron chi connectivity index (χ4n) is 4.96. The van der Waals surface area contributed by atoms with Gasteiger partial charge in [-0.15, -0.1) is 0 Å². The van der Waals surface area contributed by atoms with Gasteiger partial charge in [-0.25, -0.2) is 0 Å². The standard InChI is InChI=1S/C19H38N2/c1-4-13-20-18(16-17-11-7-8-12-17)19(5-2,6-3)21-14-9-10-15-21/h17-18,20H,4-16H2,1-3H3. The highest BCUT2D eigenvalue weighted by molar-refractivity contribution is 5.01. The number of nitrogens with one attached hydrogen (secondary N) is 1. The van der Waals surface area contributed by atoms with Crippen LogP contribution in [0.2, 0.25) is 0 Å². The van der Waals surface area contributed by atoms with Crippen LogP contribution in [0.1, 0.15) is 85.0 Å². The van der Waals surface area contributed by atoms with Gasteiger partial charge in [0.15, 0.2) is 0 Å². The van der Waals surface area contributed by atoms with Crippen molar-refractivity contribution in [1.29, 1.82) is 0 Å². The van der Waals surface area contributed by atoms with Crippen LogP contribution in [0.3, 0.4) is 0 Å². The molecule has 1 aliphatic carbocycles. The summed E-state index contributed by atoms with van der Waals surface area (Å²) >= 11 is 0. The van der Waals surface area contributed by atoms with Crippen LogP contribution in [0, 0.1) is 5.92 Å². The van der Waals surface area contributed by atoms with Gasteiger partial charge in [0, 0.05) is 11.6 Å². The van der Waals surface area contributed by atoms with E-state index in [0.29, 0.717) is 11.6 Å². The minimum Gasteiger partial charge on any atom is -0.312 e. The lowest BCUT2D eigenvalue weighted by Gasteiger charge is -2.48. The normalized spacial score (nSPS) is 23.0. The summed E-state index contributed by atoms with van der Waals surface area (Å²) in [6.07, 6.45) is 14.0. The molecule has 0 radical (unpaired) electrons. The Balaban J connectivity index is 2.11. The summed E-state index contributed by atoms with van der Waals surface area (Å²) in [7, 11) is 0. The number of rotatable bonds is 9. The van der Waals surface area contributed by atoms with Gasteiger partial charge in [-0.3, -0.25) is 4.90 Å². The fourth-order valence-corrected chi connectivity index (χ4v) is 4.96. The molecule has 1 N–H and O–H groups in total. The number of hydrogen-bond acceptors (Lipinski definition) is 2. The molecule has 0 bridgehead atoms. The summed E-state index contributed by atoms with van der Waals surface area (Å²) in [6, 6.07) is 0.702. The second-order valence-electron chi connectivity index (χ2n) is 7.40. The van der Waals surface area contributed by atoms with Crippen LogP contribution in [0.15, 0.2) is 0 Å². The molecule has 0 aromatic carbocycles. The number of nitrogens with zero attached hydrogens (tertiary/aromatic N) is 1. The Kier molecular flexibility index (Phi) is 7.01. The van der Waals surface area contributed by atoms with Gasteiger partial charge >= 0.3 is 0 Å². The Labute approximate surface area is 133 Å². The van der Waals surface area contributed by atoms with Crippen molar-refractivity contribution in [3.8, 4) is 0 Å². The quantitative estimate of drug-likeness (QED) is 0.669. The van der Waals surface area contributed by atoms with E-state index < -0.39 is 0 Å². The summed E-state index contributed by atoms with van der Waals surface area (Å²) in [5, 5.41) is 3.97. The van der Waals surface area contributed by atoms with E-state index >= 15 is 0 Å². The van der Waals surface area contributed by atoms with Crippen molar-refractivity contribution in [2.75, 3.05) is 19.6 Å². The molecule has 1 heterocycles. The summed E-state index contributed by atoms with van der Waals surface area (Å²) in [4.78, 5) is 2.84. The third kappa shape index (κ3) is 4.01. The molecular weight excluding hydrogens is 256 g/mol. The van der Waals surface area contributed by atoms with Crippen LogP contribution in [-0.4, -0.2) is 36.1 Å². The number of likely N-dealkylation sites (tertiary alicyclic amines) is 1. The molecule has 0 amide bonds. The number of hydrogen-bond donors (Lipinski definition) is 1. The molecule has 21 heavy (non-hydrogen) atoms. The molecule has 1 saturated heterocycles. The predicted molar refractivity (Wildman–Crippen MR) is 92.8 cm³/mol. The first-order valence-electron chi connectivity index (χ1n) is 9.75. The van der Waals surface area contributed by atoms with Crippen molar-refractivity contribution in [2.24, 2.45) is 5.92 Å². The second-order valence-corrected chi connectivity index (χ2v) is 7.40. The van der Waals surface area contributed by atoms with Crippen LogP contribution in [0.25, 0.3) is 0 Å². The molecule has 0 spiro atoms. The molecular formula is C19H38N2. The molecule has 124 valence electrons. The predicted octanol–water partition coefficient (Wildman–Crippen LogP) is 4.59. The maximum Gasteiger partial charge on any atom is 0.0357 e. The van der Waals surface area contributed by atoms with Crippen LogP contribution in [0.5, 0.6) is 0 Å². The molecule has 0 aromatic rings. The maximum absolute atomic E-state index is 3.97. The Morgan fingerprint density at radius 3 is 2.14 bits per heavy atom. The van der Waals surface area contributed by atoms with E-state index in [9.17, 15) is 0 Å². The van der Waals surface area contributed by atoms with E-state index in [1.807, 2.05) is 0 Å². The largest absolute Gasteiger partial charge is 0.312 e. The molecule has 1 atom stereocenters. The van der Waals surface area contributed by atoms with Gasteiger partial charge in [-0.2, -0.15) is 0 Å². The van der Waals surface area contributed by atoms with E-state index in [0.717, 1.165) is 5.92 Å².